The lowest BCUT2D eigenvalue weighted by Gasteiger charge is -2.19. The van der Waals surface area contributed by atoms with Gasteiger partial charge in [0, 0.05) is 23.2 Å². The minimum absolute atomic E-state index is 0.00966. The van der Waals surface area contributed by atoms with E-state index in [0.29, 0.717) is 27.5 Å². The van der Waals surface area contributed by atoms with Crippen LogP contribution in [0.5, 0.6) is 0 Å². The van der Waals surface area contributed by atoms with Crippen molar-refractivity contribution < 1.29 is 18.0 Å². The molecule has 1 aromatic heterocycles. The lowest BCUT2D eigenvalue weighted by molar-refractivity contribution is -0.117. The van der Waals surface area contributed by atoms with Gasteiger partial charge in [0.15, 0.2) is 9.84 Å². The first-order valence-corrected chi connectivity index (χ1v) is 13.7. The van der Waals surface area contributed by atoms with E-state index >= 15 is 0 Å². The number of amides is 1. The maximum Gasteiger partial charge on any atom is 0.232 e. The zero-order valence-electron chi connectivity index (χ0n) is 20.4. The zero-order chi connectivity index (χ0) is 26.6. The molecule has 0 aliphatic rings. The Bertz CT molecular complexity index is 1540. The van der Waals surface area contributed by atoms with E-state index < -0.39 is 9.84 Å². The average molecular weight is 533 g/mol. The van der Waals surface area contributed by atoms with Crippen LogP contribution >= 0.6 is 11.6 Å². The molecule has 188 valence electrons. The quantitative estimate of drug-likeness (QED) is 0.274. The van der Waals surface area contributed by atoms with Crippen LogP contribution in [0.15, 0.2) is 95.9 Å². The van der Waals surface area contributed by atoms with Crippen molar-refractivity contribution in [2.45, 2.75) is 18.2 Å². The smallest absolute Gasteiger partial charge is 0.232 e. The fourth-order valence-electron chi connectivity index (χ4n) is 3.80. The first-order chi connectivity index (χ1) is 17.7. The highest BCUT2D eigenvalue weighted by atomic mass is 35.5. The van der Waals surface area contributed by atoms with E-state index in [1.54, 1.807) is 74.6 Å². The number of likely N-dealkylation sites (N-methyl/N-ethyl adjacent to an activating group) is 1. The molecule has 0 unspecified atom stereocenters. The molecular formula is C29H25ClN2O4S. The van der Waals surface area contributed by atoms with Crippen molar-refractivity contribution in [2.75, 3.05) is 17.7 Å². The number of ketones is 1. The summed E-state index contributed by atoms with van der Waals surface area (Å²) in [6, 6.07) is 25.7. The number of sulfone groups is 1. The van der Waals surface area contributed by atoms with E-state index in [1.807, 2.05) is 18.2 Å². The highest BCUT2D eigenvalue weighted by Crippen LogP contribution is 2.28. The van der Waals surface area contributed by atoms with Crippen LogP contribution in [0, 0.1) is 0 Å². The normalized spacial score (nSPS) is 11.2. The number of carbonyl (C=O) groups is 2. The number of hydrogen-bond donors (Lipinski definition) is 0. The highest BCUT2D eigenvalue weighted by Gasteiger charge is 2.21. The van der Waals surface area contributed by atoms with Gasteiger partial charge in [-0.25, -0.2) is 13.4 Å². The van der Waals surface area contributed by atoms with E-state index in [-0.39, 0.29) is 34.5 Å². The van der Waals surface area contributed by atoms with Gasteiger partial charge in [0.2, 0.25) is 11.7 Å². The van der Waals surface area contributed by atoms with Crippen LogP contribution in [0.2, 0.25) is 5.02 Å². The van der Waals surface area contributed by atoms with Crippen LogP contribution < -0.4 is 4.90 Å². The van der Waals surface area contributed by atoms with Crippen molar-refractivity contribution in [3.63, 3.8) is 0 Å². The largest absolute Gasteiger partial charge is 0.300 e. The molecule has 0 radical (unpaired) electrons. The molecule has 6 nitrogen and oxygen atoms in total. The maximum absolute atomic E-state index is 13.4. The Hall–Kier alpha value is -3.81. The SMILES string of the molecule is CCS(=O)(=O)c1ccc(CC(=O)N(C)c2ccc(-c3ccc(Cl)cc3)c(C(=O)c3ccccc3)n2)cc1. The van der Waals surface area contributed by atoms with Crippen LogP contribution in [0.25, 0.3) is 11.1 Å². The second-order valence-corrected chi connectivity index (χ2v) is 11.2. The van der Waals surface area contributed by atoms with Crippen LogP contribution in [0.3, 0.4) is 0 Å². The van der Waals surface area contributed by atoms with E-state index in [1.165, 1.54) is 17.0 Å². The zero-order valence-corrected chi connectivity index (χ0v) is 22.0. The minimum atomic E-state index is -3.31. The summed E-state index contributed by atoms with van der Waals surface area (Å²) in [7, 11) is -1.72. The number of carbonyl (C=O) groups excluding carboxylic acids is 2. The van der Waals surface area contributed by atoms with Gasteiger partial charge in [-0.3, -0.25) is 14.5 Å². The van der Waals surface area contributed by atoms with Gasteiger partial charge in [-0.1, -0.05) is 73.1 Å². The van der Waals surface area contributed by atoms with Crippen LogP contribution in [-0.2, 0) is 21.1 Å². The Morgan fingerprint density at radius 2 is 1.51 bits per heavy atom. The molecule has 0 atom stereocenters. The number of halogens is 1. The Kier molecular flexibility index (Phi) is 7.86. The van der Waals surface area contributed by atoms with E-state index in [0.717, 1.165) is 5.56 Å². The molecular weight excluding hydrogens is 508 g/mol. The van der Waals surface area contributed by atoms with Crippen molar-refractivity contribution in [1.29, 1.82) is 0 Å². The Morgan fingerprint density at radius 3 is 2.14 bits per heavy atom. The summed E-state index contributed by atoms with van der Waals surface area (Å²) in [6.45, 7) is 1.59. The molecule has 3 aromatic carbocycles. The molecule has 0 saturated carbocycles. The topological polar surface area (TPSA) is 84.4 Å². The molecule has 0 fully saturated rings. The molecule has 0 N–H and O–H groups in total. The van der Waals surface area contributed by atoms with Gasteiger partial charge >= 0.3 is 0 Å². The second-order valence-electron chi connectivity index (χ2n) is 8.44. The van der Waals surface area contributed by atoms with Gasteiger partial charge in [0.05, 0.1) is 17.1 Å². The third kappa shape index (κ3) is 5.96. The van der Waals surface area contributed by atoms with Crippen LogP contribution in [0.1, 0.15) is 28.5 Å². The Balaban J connectivity index is 1.65. The molecule has 1 heterocycles. The van der Waals surface area contributed by atoms with E-state index in [2.05, 4.69) is 4.98 Å². The number of aromatic nitrogens is 1. The van der Waals surface area contributed by atoms with Gasteiger partial charge in [-0.15, -0.1) is 0 Å². The summed E-state index contributed by atoms with van der Waals surface area (Å²) in [5.74, 6) is -0.181. The molecule has 37 heavy (non-hydrogen) atoms. The third-order valence-corrected chi connectivity index (χ3v) is 8.02. The fraction of sp³-hybridized carbons (Fsp3) is 0.138. The minimum Gasteiger partial charge on any atom is -0.300 e. The number of hydrogen-bond acceptors (Lipinski definition) is 5. The lowest BCUT2D eigenvalue weighted by Crippen LogP contribution is -2.29. The molecule has 0 bridgehead atoms. The molecule has 8 heteroatoms. The van der Waals surface area contributed by atoms with Crippen molar-refractivity contribution in [2.24, 2.45) is 0 Å². The van der Waals surface area contributed by atoms with Gasteiger partial charge in [-0.05, 0) is 47.5 Å². The maximum atomic E-state index is 13.4. The first kappa shape index (κ1) is 26.3. The molecule has 0 saturated heterocycles. The van der Waals surface area contributed by atoms with Crippen molar-refractivity contribution in [3.8, 4) is 11.1 Å². The van der Waals surface area contributed by atoms with Crippen molar-refractivity contribution >= 4 is 38.9 Å². The van der Waals surface area contributed by atoms with Gasteiger partial charge in [-0.2, -0.15) is 0 Å². The summed E-state index contributed by atoms with van der Waals surface area (Å²) in [5.41, 5.74) is 2.78. The fourth-order valence-corrected chi connectivity index (χ4v) is 4.81. The van der Waals surface area contributed by atoms with Crippen molar-refractivity contribution in [3.05, 3.63) is 113 Å². The van der Waals surface area contributed by atoms with Crippen LogP contribution in [0.4, 0.5) is 5.82 Å². The van der Waals surface area contributed by atoms with Crippen molar-refractivity contribution in [1.82, 2.24) is 4.98 Å². The summed E-state index contributed by atoms with van der Waals surface area (Å²) in [6.07, 6.45) is 0.0472. The number of anilines is 1. The molecule has 0 aliphatic carbocycles. The molecule has 1 amide bonds. The number of benzene rings is 3. The Morgan fingerprint density at radius 1 is 0.865 bits per heavy atom. The second kappa shape index (κ2) is 11.1. The third-order valence-electron chi connectivity index (χ3n) is 6.02. The monoisotopic (exact) mass is 532 g/mol. The number of pyridine rings is 1. The summed E-state index contributed by atoms with van der Waals surface area (Å²) >= 11 is 6.05. The van der Waals surface area contributed by atoms with E-state index in [9.17, 15) is 18.0 Å². The van der Waals surface area contributed by atoms with Gasteiger partial charge in [0.1, 0.15) is 11.5 Å². The highest BCUT2D eigenvalue weighted by molar-refractivity contribution is 7.91. The standard InChI is InChI=1S/C29H25ClN2O4S/c1-3-37(35,36)24-15-9-20(10-16-24)19-27(33)32(2)26-18-17-25(21-11-13-23(30)14-12-21)28(31-26)29(34)22-7-5-4-6-8-22/h4-18H,3,19H2,1-2H3. The molecule has 0 spiro atoms. The lowest BCUT2D eigenvalue weighted by atomic mass is 9.98. The molecule has 0 aliphatic heterocycles. The molecule has 4 aromatic rings. The number of rotatable bonds is 8. The predicted octanol–water partition coefficient (Wildman–Crippen LogP) is 5.63. The molecule has 4 rings (SSSR count). The first-order valence-electron chi connectivity index (χ1n) is 11.6. The van der Waals surface area contributed by atoms with E-state index in [4.69, 9.17) is 11.6 Å². The summed E-state index contributed by atoms with van der Waals surface area (Å²) in [5, 5.41) is 0.579. The van der Waals surface area contributed by atoms with Gasteiger partial charge in [0.25, 0.3) is 0 Å². The Labute approximate surface area is 221 Å². The summed E-state index contributed by atoms with van der Waals surface area (Å²) < 4.78 is 24.1. The number of nitrogens with zero attached hydrogens (tertiary/aromatic N) is 2. The van der Waals surface area contributed by atoms with Gasteiger partial charge < -0.3 is 0 Å². The summed E-state index contributed by atoms with van der Waals surface area (Å²) in [4.78, 5) is 32.7. The predicted molar refractivity (Wildman–Crippen MR) is 146 cm³/mol. The van der Waals surface area contributed by atoms with Crippen LogP contribution in [-0.4, -0.2) is 37.9 Å². The average Bonchev–Trinajstić information content (AvgIpc) is 2.93.